The molecule has 0 radical (unpaired) electrons. The highest BCUT2D eigenvalue weighted by molar-refractivity contribution is 9.12. The Kier molecular flexibility index (Phi) is 9.31. The van der Waals surface area contributed by atoms with Gasteiger partial charge in [-0.2, -0.15) is 5.26 Å². The van der Waals surface area contributed by atoms with Gasteiger partial charge < -0.3 is 4.90 Å². The summed E-state index contributed by atoms with van der Waals surface area (Å²) in [6.45, 7) is 1.47. The summed E-state index contributed by atoms with van der Waals surface area (Å²) in [4.78, 5) is 2.38. The van der Waals surface area contributed by atoms with Gasteiger partial charge in [0.05, 0.1) is 0 Å². The fraction of sp³-hybridized carbons (Fsp3) is 0.857. The monoisotopic (exact) mass is 438 g/mol. The van der Waals surface area contributed by atoms with E-state index < -0.39 is 0 Å². The normalized spacial score (nSPS) is 14.7. The fourth-order valence-electron chi connectivity index (χ4n) is 0.732. The fourth-order valence-corrected chi connectivity index (χ4v) is 1.84. The molecule has 0 aliphatic heterocycles. The smallest absolute Gasteiger partial charge is 0.179 e. The van der Waals surface area contributed by atoms with Gasteiger partial charge in [0, 0.05) is 33.4 Å². The predicted octanol–water partition coefficient (Wildman–Crippen LogP) is 3.09. The van der Waals surface area contributed by atoms with Gasteiger partial charge in [-0.15, -0.1) is 0 Å². The molecule has 2 atom stereocenters. The van der Waals surface area contributed by atoms with E-state index in [1.807, 2.05) is 0 Å². The maximum Gasteiger partial charge on any atom is 0.179 e. The molecule has 2 unspecified atom stereocenters. The molecule has 0 aliphatic carbocycles. The van der Waals surface area contributed by atoms with Gasteiger partial charge in [0.15, 0.2) is 6.19 Å². The largest absolute Gasteiger partial charge is 0.308 e. The molecule has 0 aromatic heterocycles. The summed E-state index contributed by atoms with van der Waals surface area (Å²) >= 11 is 13.6. The zero-order chi connectivity index (χ0) is 10.3. The van der Waals surface area contributed by atoms with Crippen LogP contribution in [0.2, 0.25) is 0 Å². The molecule has 0 amide bonds. The van der Waals surface area contributed by atoms with Crippen LogP contribution in [-0.4, -0.2) is 38.3 Å². The summed E-state index contributed by atoms with van der Waals surface area (Å²) in [6, 6.07) is 0. The van der Waals surface area contributed by atoms with Crippen molar-refractivity contribution in [2.24, 2.45) is 0 Å². The Bertz CT molecular complexity index is 158. The molecule has 0 heterocycles. The zero-order valence-electron chi connectivity index (χ0n) is 6.89. The highest BCUT2D eigenvalue weighted by Crippen LogP contribution is 2.10. The van der Waals surface area contributed by atoms with Crippen LogP contribution in [0.1, 0.15) is 0 Å². The third-order valence-corrected chi connectivity index (χ3v) is 5.84. The summed E-state index contributed by atoms with van der Waals surface area (Å²) < 4.78 is 0. The van der Waals surface area contributed by atoms with Crippen molar-refractivity contribution in [3.8, 4) is 6.19 Å². The highest BCUT2D eigenvalue weighted by atomic mass is 79.9. The van der Waals surface area contributed by atoms with Gasteiger partial charge in [-0.3, -0.25) is 0 Å². The molecule has 0 N–H and O–H groups in total. The zero-order valence-corrected chi connectivity index (χ0v) is 13.2. The first kappa shape index (κ1) is 14.2. The molecule has 0 saturated carbocycles. The molecular formula is C7H10Br4N2. The number of alkyl halides is 4. The summed E-state index contributed by atoms with van der Waals surface area (Å²) in [5.41, 5.74) is 0. The van der Waals surface area contributed by atoms with Crippen molar-refractivity contribution >= 4 is 63.7 Å². The van der Waals surface area contributed by atoms with Gasteiger partial charge in [-0.1, -0.05) is 63.7 Å². The molecular weight excluding hydrogens is 432 g/mol. The van der Waals surface area contributed by atoms with E-state index in [4.69, 9.17) is 5.26 Å². The van der Waals surface area contributed by atoms with Gasteiger partial charge in [0.2, 0.25) is 0 Å². The van der Waals surface area contributed by atoms with Crippen molar-refractivity contribution in [2.45, 2.75) is 9.65 Å². The summed E-state index contributed by atoms with van der Waals surface area (Å²) in [6.07, 6.45) is 2.16. The maximum atomic E-state index is 8.82. The summed E-state index contributed by atoms with van der Waals surface area (Å²) in [7, 11) is 0. The van der Waals surface area contributed by atoms with Crippen LogP contribution in [0.4, 0.5) is 0 Å². The van der Waals surface area contributed by atoms with Crippen LogP contribution in [0.3, 0.4) is 0 Å². The van der Waals surface area contributed by atoms with E-state index in [9.17, 15) is 0 Å². The standard InChI is InChI=1S/C7H10Br4N2/c8-1-6(10)3-13(5-12)4-7(11)2-9/h6-7H,1-4H2. The first-order valence-corrected chi connectivity index (χ1v) is 7.76. The number of rotatable bonds is 6. The van der Waals surface area contributed by atoms with E-state index >= 15 is 0 Å². The lowest BCUT2D eigenvalue weighted by Crippen LogP contribution is -2.31. The van der Waals surface area contributed by atoms with Crippen LogP contribution >= 0.6 is 63.7 Å². The minimum atomic E-state index is 0.321. The Hall–Kier alpha value is 1.21. The molecule has 0 fully saturated rings. The third kappa shape index (κ3) is 7.18. The average molecular weight is 442 g/mol. The Labute approximate surface area is 113 Å². The van der Waals surface area contributed by atoms with Crippen LogP contribution in [-0.2, 0) is 0 Å². The molecule has 0 aliphatic rings. The number of halogens is 4. The second-order valence-corrected chi connectivity index (χ2v) is 6.39. The van der Waals surface area contributed by atoms with E-state index in [2.05, 4.69) is 69.9 Å². The average Bonchev–Trinajstić information content (AvgIpc) is 2.16. The Morgan fingerprint density at radius 1 is 1.08 bits per heavy atom. The van der Waals surface area contributed by atoms with Crippen LogP contribution in [0, 0.1) is 11.5 Å². The van der Waals surface area contributed by atoms with E-state index in [-0.39, 0.29) is 0 Å². The Morgan fingerprint density at radius 3 is 1.69 bits per heavy atom. The van der Waals surface area contributed by atoms with Crippen LogP contribution in [0.25, 0.3) is 0 Å². The predicted molar refractivity (Wildman–Crippen MR) is 70.2 cm³/mol. The number of nitrogens with zero attached hydrogens (tertiary/aromatic N) is 2. The number of hydrogen-bond donors (Lipinski definition) is 0. The van der Waals surface area contributed by atoms with Crippen molar-refractivity contribution < 1.29 is 0 Å². The highest BCUT2D eigenvalue weighted by Gasteiger charge is 2.12. The summed E-state index contributed by atoms with van der Waals surface area (Å²) in [5.74, 6) is 0. The lowest BCUT2D eigenvalue weighted by atomic mass is 10.4. The van der Waals surface area contributed by atoms with Crippen molar-refractivity contribution in [1.29, 1.82) is 5.26 Å². The first-order chi connectivity index (χ1) is 6.13. The molecule has 76 valence electrons. The molecule has 0 spiro atoms. The van der Waals surface area contributed by atoms with Crippen LogP contribution < -0.4 is 0 Å². The Balaban J connectivity index is 3.84. The van der Waals surface area contributed by atoms with E-state index in [0.29, 0.717) is 9.65 Å². The lowest BCUT2D eigenvalue weighted by Gasteiger charge is -2.19. The molecule has 0 aromatic carbocycles. The van der Waals surface area contributed by atoms with Gasteiger partial charge in [0.1, 0.15) is 0 Å². The van der Waals surface area contributed by atoms with Gasteiger partial charge >= 0.3 is 0 Å². The summed E-state index contributed by atoms with van der Waals surface area (Å²) in [5, 5.41) is 10.5. The first-order valence-electron chi connectivity index (χ1n) is 3.68. The second-order valence-electron chi connectivity index (χ2n) is 2.51. The maximum absolute atomic E-state index is 8.82. The van der Waals surface area contributed by atoms with E-state index in [0.717, 1.165) is 23.7 Å². The topological polar surface area (TPSA) is 27.0 Å². The van der Waals surface area contributed by atoms with Gasteiger partial charge in [-0.25, -0.2) is 0 Å². The third-order valence-electron chi connectivity index (χ3n) is 1.31. The van der Waals surface area contributed by atoms with E-state index in [1.165, 1.54) is 0 Å². The van der Waals surface area contributed by atoms with E-state index in [1.54, 1.807) is 4.90 Å². The molecule has 6 heteroatoms. The molecule has 13 heavy (non-hydrogen) atoms. The van der Waals surface area contributed by atoms with Gasteiger partial charge in [0.25, 0.3) is 0 Å². The minimum Gasteiger partial charge on any atom is -0.308 e. The molecule has 0 aromatic rings. The molecule has 0 saturated heterocycles. The van der Waals surface area contributed by atoms with Crippen molar-refractivity contribution in [3.63, 3.8) is 0 Å². The Morgan fingerprint density at radius 2 is 1.46 bits per heavy atom. The van der Waals surface area contributed by atoms with Crippen molar-refractivity contribution in [2.75, 3.05) is 23.7 Å². The van der Waals surface area contributed by atoms with Crippen molar-refractivity contribution in [3.05, 3.63) is 0 Å². The molecule has 0 rings (SSSR count). The lowest BCUT2D eigenvalue weighted by molar-refractivity contribution is 0.406. The van der Waals surface area contributed by atoms with Crippen LogP contribution in [0.15, 0.2) is 0 Å². The number of hydrogen-bond acceptors (Lipinski definition) is 2. The molecule has 2 nitrogen and oxygen atoms in total. The van der Waals surface area contributed by atoms with Crippen molar-refractivity contribution in [1.82, 2.24) is 4.90 Å². The number of nitriles is 1. The van der Waals surface area contributed by atoms with Gasteiger partial charge in [-0.05, 0) is 0 Å². The minimum absolute atomic E-state index is 0.321. The quantitative estimate of drug-likeness (QED) is 0.360. The SMILES string of the molecule is N#CN(CC(Br)CBr)CC(Br)CBr. The second kappa shape index (κ2) is 8.51. The van der Waals surface area contributed by atoms with Crippen LogP contribution in [0.5, 0.6) is 0 Å². The molecule has 0 bridgehead atoms.